The van der Waals surface area contributed by atoms with Crippen LogP contribution < -0.4 is 25.5 Å². The molecule has 0 saturated heterocycles. The number of halogens is 3. The van der Waals surface area contributed by atoms with Crippen molar-refractivity contribution in [1.29, 1.82) is 0 Å². The Morgan fingerprint density at radius 1 is 1.05 bits per heavy atom. The average Bonchev–Trinajstić information content (AvgIpc) is 2.95. The van der Waals surface area contributed by atoms with Gasteiger partial charge in [0.25, 0.3) is 5.91 Å². The number of para-hydroxylation sites is 1. The number of nitrogens with zero attached hydrogens (tertiary/aromatic N) is 1. The fourth-order valence-electron chi connectivity index (χ4n) is 4.22. The smallest absolute Gasteiger partial charge is 0.338 e. The molecular formula is C30H27Cl3N4O5S. The number of benzene rings is 3. The van der Waals surface area contributed by atoms with Crippen molar-refractivity contribution in [2.24, 2.45) is 5.10 Å². The zero-order valence-corrected chi connectivity index (χ0v) is 26.2. The van der Waals surface area contributed by atoms with Crippen LogP contribution in [0.2, 0.25) is 15.1 Å². The molecule has 9 nitrogen and oxygen atoms in total. The van der Waals surface area contributed by atoms with Gasteiger partial charge in [-0.3, -0.25) is 4.79 Å². The third-order valence-electron chi connectivity index (χ3n) is 6.06. The highest BCUT2D eigenvalue weighted by atomic mass is 35.5. The van der Waals surface area contributed by atoms with Crippen LogP contribution in [0.15, 0.2) is 77.0 Å². The normalized spacial score (nSPS) is 14.6. The summed E-state index contributed by atoms with van der Waals surface area (Å²) in [4.78, 5) is 25.4. The van der Waals surface area contributed by atoms with E-state index in [9.17, 15) is 9.59 Å². The number of hydrazone groups is 1. The average molecular weight is 662 g/mol. The van der Waals surface area contributed by atoms with Crippen LogP contribution >= 0.6 is 47.0 Å². The Bertz CT molecular complexity index is 1600. The zero-order chi connectivity index (χ0) is 30.9. The minimum atomic E-state index is -0.650. The standard InChI is InChI=1S/C30H27Cl3N4O5S/c1-3-40-29(39)26-17(2)35-30(43)36-27(26)22-9-4-5-10-24(22)41-16-25(38)37-34-14-19-12-21(32)13-23(33)28(19)42-15-18-7-6-8-20(31)11-18/h4-14,27H,3,15-16H2,1-2H3,(H,37,38)(H2,35,36,43)/t27-/m0/s1. The fraction of sp³-hybridized carbons (Fsp3) is 0.200. The lowest BCUT2D eigenvalue weighted by Gasteiger charge is -2.30. The molecule has 224 valence electrons. The lowest BCUT2D eigenvalue weighted by Crippen LogP contribution is -2.45. The molecule has 1 aliphatic rings. The Kier molecular flexibility index (Phi) is 11.2. The van der Waals surface area contributed by atoms with Crippen molar-refractivity contribution >= 4 is 70.2 Å². The predicted octanol–water partition coefficient (Wildman–Crippen LogP) is 6.11. The third kappa shape index (κ3) is 8.61. The van der Waals surface area contributed by atoms with Crippen molar-refractivity contribution in [3.63, 3.8) is 0 Å². The van der Waals surface area contributed by atoms with Crippen molar-refractivity contribution < 1.29 is 23.8 Å². The molecule has 3 aromatic rings. The molecule has 43 heavy (non-hydrogen) atoms. The second kappa shape index (κ2) is 15.1. The molecule has 1 atom stereocenters. The van der Waals surface area contributed by atoms with Gasteiger partial charge >= 0.3 is 5.97 Å². The Morgan fingerprint density at radius 2 is 1.84 bits per heavy atom. The van der Waals surface area contributed by atoms with Gasteiger partial charge in [-0.2, -0.15) is 5.10 Å². The van der Waals surface area contributed by atoms with E-state index in [0.29, 0.717) is 49.1 Å². The molecule has 1 heterocycles. The van der Waals surface area contributed by atoms with E-state index in [2.05, 4.69) is 21.2 Å². The first-order valence-corrected chi connectivity index (χ1v) is 14.6. The van der Waals surface area contributed by atoms with E-state index in [1.807, 2.05) is 12.1 Å². The minimum absolute atomic E-state index is 0.200. The van der Waals surface area contributed by atoms with Gasteiger partial charge in [0.2, 0.25) is 0 Å². The summed E-state index contributed by atoms with van der Waals surface area (Å²) in [7, 11) is 0. The summed E-state index contributed by atoms with van der Waals surface area (Å²) < 4.78 is 17.0. The number of ether oxygens (including phenoxy) is 3. The van der Waals surface area contributed by atoms with Gasteiger partial charge in [0.15, 0.2) is 11.7 Å². The van der Waals surface area contributed by atoms with E-state index in [1.54, 1.807) is 62.4 Å². The molecule has 0 fully saturated rings. The molecule has 1 aliphatic heterocycles. The van der Waals surface area contributed by atoms with Crippen LogP contribution in [0, 0.1) is 0 Å². The topological polar surface area (TPSA) is 110 Å². The molecule has 0 aromatic heterocycles. The van der Waals surface area contributed by atoms with Crippen LogP contribution in [-0.2, 0) is 20.9 Å². The molecule has 4 rings (SSSR count). The highest BCUT2D eigenvalue weighted by Gasteiger charge is 2.32. The van der Waals surface area contributed by atoms with Crippen LogP contribution in [-0.4, -0.2) is 36.4 Å². The summed E-state index contributed by atoms with van der Waals surface area (Å²) in [6, 6.07) is 16.7. The molecule has 1 amide bonds. The summed E-state index contributed by atoms with van der Waals surface area (Å²) in [5, 5.41) is 11.6. The second-order valence-corrected chi connectivity index (χ2v) is 10.8. The van der Waals surface area contributed by atoms with Crippen LogP contribution in [0.4, 0.5) is 0 Å². The van der Waals surface area contributed by atoms with Gasteiger partial charge in [-0.15, -0.1) is 0 Å². The number of carbonyl (C=O) groups excluding carboxylic acids is 2. The first-order valence-electron chi connectivity index (χ1n) is 13.0. The third-order valence-corrected chi connectivity index (χ3v) is 7.01. The number of carbonyl (C=O) groups is 2. The molecular weight excluding hydrogens is 635 g/mol. The first-order chi connectivity index (χ1) is 20.7. The molecule has 0 saturated carbocycles. The van der Waals surface area contributed by atoms with Crippen molar-refractivity contribution in [3.05, 3.63) is 104 Å². The fourth-order valence-corrected chi connectivity index (χ4v) is 5.26. The van der Waals surface area contributed by atoms with Crippen LogP contribution in [0.3, 0.4) is 0 Å². The maximum atomic E-state index is 12.7. The number of nitrogens with one attached hydrogen (secondary N) is 3. The summed E-state index contributed by atoms with van der Waals surface area (Å²) in [6.07, 6.45) is 1.37. The summed E-state index contributed by atoms with van der Waals surface area (Å²) in [6.45, 7) is 3.51. The predicted molar refractivity (Wildman–Crippen MR) is 171 cm³/mol. The molecule has 0 unspecified atom stereocenters. The number of hydrogen-bond donors (Lipinski definition) is 3. The van der Waals surface area contributed by atoms with Gasteiger partial charge in [-0.05, 0) is 62.0 Å². The summed E-state index contributed by atoms with van der Waals surface area (Å²) >= 11 is 23.9. The quantitative estimate of drug-likeness (QED) is 0.0978. The molecule has 3 aromatic carbocycles. The number of allylic oxidation sites excluding steroid dienone is 1. The Hall–Kier alpha value is -3.83. The van der Waals surface area contributed by atoms with Crippen LogP contribution in [0.1, 0.15) is 36.6 Å². The number of amides is 1. The monoisotopic (exact) mass is 660 g/mol. The Balaban J connectivity index is 1.44. The van der Waals surface area contributed by atoms with Crippen molar-refractivity contribution in [3.8, 4) is 11.5 Å². The van der Waals surface area contributed by atoms with E-state index in [-0.39, 0.29) is 24.8 Å². The molecule has 0 spiro atoms. The number of hydrogen-bond acceptors (Lipinski definition) is 7. The maximum absolute atomic E-state index is 12.7. The van der Waals surface area contributed by atoms with Gasteiger partial charge in [-0.1, -0.05) is 65.1 Å². The van der Waals surface area contributed by atoms with Crippen LogP contribution in [0.5, 0.6) is 11.5 Å². The first kappa shape index (κ1) is 32.1. The van der Waals surface area contributed by atoms with Crippen molar-refractivity contribution in [2.75, 3.05) is 13.2 Å². The number of thiocarbonyl (C=S) groups is 1. The summed E-state index contributed by atoms with van der Waals surface area (Å²) in [5.74, 6) is -0.322. The maximum Gasteiger partial charge on any atom is 0.338 e. The Labute approximate surface area is 269 Å². The van der Waals surface area contributed by atoms with Crippen molar-refractivity contribution in [1.82, 2.24) is 16.1 Å². The van der Waals surface area contributed by atoms with Gasteiger partial charge in [-0.25, -0.2) is 10.2 Å². The van der Waals surface area contributed by atoms with E-state index in [4.69, 9.17) is 61.2 Å². The van der Waals surface area contributed by atoms with E-state index in [1.165, 1.54) is 6.21 Å². The molecule has 0 bridgehead atoms. The van der Waals surface area contributed by atoms with E-state index < -0.39 is 17.9 Å². The number of rotatable bonds is 11. The lowest BCUT2D eigenvalue weighted by atomic mass is 9.95. The highest BCUT2D eigenvalue weighted by molar-refractivity contribution is 7.80. The summed E-state index contributed by atoms with van der Waals surface area (Å²) in [5.41, 5.74) is 5.23. The van der Waals surface area contributed by atoms with Gasteiger partial charge in [0.1, 0.15) is 18.1 Å². The zero-order valence-electron chi connectivity index (χ0n) is 23.1. The van der Waals surface area contributed by atoms with Gasteiger partial charge in [0, 0.05) is 26.9 Å². The van der Waals surface area contributed by atoms with Gasteiger partial charge < -0.3 is 24.8 Å². The largest absolute Gasteiger partial charge is 0.487 e. The highest BCUT2D eigenvalue weighted by Crippen LogP contribution is 2.34. The SMILES string of the molecule is CCOC(=O)C1=C(C)NC(=S)N[C@H]1c1ccccc1OCC(=O)NN=Cc1cc(Cl)cc(Cl)c1OCc1cccc(Cl)c1. The van der Waals surface area contributed by atoms with E-state index >= 15 is 0 Å². The molecule has 3 N–H and O–H groups in total. The van der Waals surface area contributed by atoms with E-state index in [0.717, 1.165) is 5.56 Å². The minimum Gasteiger partial charge on any atom is -0.487 e. The Morgan fingerprint density at radius 3 is 2.60 bits per heavy atom. The second-order valence-electron chi connectivity index (χ2n) is 9.13. The van der Waals surface area contributed by atoms with Crippen LogP contribution in [0.25, 0.3) is 0 Å². The number of esters is 1. The lowest BCUT2D eigenvalue weighted by molar-refractivity contribution is -0.139. The molecule has 13 heteroatoms. The van der Waals surface area contributed by atoms with Gasteiger partial charge in [0.05, 0.1) is 29.5 Å². The van der Waals surface area contributed by atoms with Crippen molar-refractivity contribution in [2.45, 2.75) is 26.5 Å². The molecule has 0 radical (unpaired) electrons. The molecule has 0 aliphatic carbocycles.